The first-order valence-corrected chi connectivity index (χ1v) is 39.0. The van der Waals surface area contributed by atoms with Gasteiger partial charge in [0.2, 0.25) is 65.0 Å². The number of primary amides is 2. The van der Waals surface area contributed by atoms with Crippen molar-refractivity contribution in [2.75, 3.05) is 37.8 Å². The normalized spacial score (nSPS) is 24.9. The van der Waals surface area contributed by atoms with E-state index in [4.69, 9.17) is 32.2 Å². The van der Waals surface area contributed by atoms with E-state index in [0.717, 1.165) is 19.1 Å². The van der Waals surface area contributed by atoms with E-state index in [2.05, 4.69) is 63.3 Å². The van der Waals surface area contributed by atoms with Crippen molar-refractivity contribution in [3.63, 3.8) is 0 Å². The maximum absolute atomic E-state index is 15.3. The van der Waals surface area contributed by atoms with Crippen molar-refractivity contribution < 1.29 is 86.9 Å². The summed E-state index contributed by atoms with van der Waals surface area (Å²) in [5.41, 5.74) is 18.7. The van der Waals surface area contributed by atoms with Gasteiger partial charge in [0, 0.05) is 72.5 Å². The number of oxime groups is 1. The molecule has 3 aliphatic heterocycles. The molecule has 109 heavy (non-hydrogen) atoms. The molecule has 4 heterocycles. The Labute approximate surface area is 639 Å². The third-order valence-corrected chi connectivity index (χ3v) is 20.9. The molecule has 37 heteroatoms. The second-order valence-corrected chi connectivity index (χ2v) is 30.9. The molecule has 2 fully saturated rings. The van der Waals surface area contributed by atoms with E-state index in [0.29, 0.717) is 71.9 Å². The molecule has 3 aromatic rings. The number of ether oxygens (including phenoxy) is 1. The summed E-state index contributed by atoms with van der Waals surface area (Å²) < 4.78 is 6.30. The fourth-order valence-corrected chi connectivity index (χ4v) is 14.9. The number of benzene rings is 2. The van der Waals surface area contributed by atoms with E-state index in [-0.39, 0.29) is 99.7 Å². The van der Waals surface area contributed by atoms with E-state index >= 15 is 14.4 Å². The number of fused-ring (bicyclic) bond motifs is 7. The highest BCUT2D eigenvalue weighted by atomic mass is 32.2. The third-order valence-electron chi connectivity index (χ3n) is 18.7. The smallest absolute Gasteiger partial charge is 0.305 e. The number of aromatic amines is 1. The number of rotatable bonds is 18. The molecule has 35 nitrogen and oxygen atoms in total. The molecule has 7 rings (SSSR count). The summed E-state index contributed by atoms with van der Waals surface area (Å²) in [6, 6.07) is -3.00. The minimum Gasteiger partial charge on any atom is -0.494 e. The van der Waals surface area contributed by atoms with Crippen LogP contribution in [0.15, 0.2) is 53.8 Å². The summed E-state index contributed by atoms with van der Waals surface area (Å²) in [6.45, 7) is 5.77. The summed E-state index contributed by atoms with van der Waals surface area (Å²) in [6.07, 6.45) is 4.01. The zero-order valence-corrected chi connectivity index (χ0v) is 63.1. The molecule has 12 amide bonds. The summed E-state index contributed by atoms with van der Waals surface area (Å²) in [5, 5.41) is 58.5. The second kappa shape index (κ2) is 42.5. The van der Waals surface area contributed by atoms with Crippen molar-refractivity contribution in [2.24, 2.45) is 33.7 Å². The van der Waals surface area contributed by atoms with E-state index < -0.39 is 181 Å². The van der Waals surface area contributed by atoms with Crippen LogP contribution in [0.3, 0.4) is 0 Å². The van der Waals surface area contributed by atoms with E-state index in [1.807, 2.05) is 6.07 Å². The van der Waals surface area contributed by atoms with Gasteiger partial charge in [0.15, 0.2) is 5.96 Å². The maximum Gasteiger partial charge on any atom is 0.305 e. The molecule has 4 bridgehead atoms. The number of H-pyrrole nitrogens is 1. The summed E-state index contributed by atoms with van der Waals surface area (Å²) >= 11 is 2.39. The highest BCUT2D eigenvalue weighted by Gasteiger charge is 2.42. The SMILES string of the molecule is CC(C)(C)C[C@@H]1NC(=O)[C@H](CC(=O)O)NC(=O)[C@H](CC2CCC2)NC(=O)[C@@H]2CCCN2C(=O)[C@@H]2CSCc3cc(cc(c3)OCCCCCCO/N=C/C(=O)N[C@@H](CCCNC(=N)N)C(=O)N2)CSC[C@@H](C(N)=O)NC(=O)[C@H](CCC(=O)O)NC(=O)[C@H](CCC(N)=O)NC(=O)[C@H](Cc2c[nH]c3ccccc23)NC1=O. The molecule has 1 aromatic heterocycles. The van der Waals surface area contributed by atoms with Crippen LogP contribution in [-0.2, 0) is 89.9 Å². The number of thioether (sulfide) groups is 2. The molecule has 20 N–H and O–H groups in total. The number of hydrogen-bond acceptors (Lipinski definition) is 20. The Kier molecular flexibility index (Phi) is 33.6. The van der Waals surface area contributed by atoms with Gasteiger partial charge < -0.3 is 100 Å². The predicted octanol–water partition coefficient (Wildman–Crippen LogP) is 0.180. The Morgan fingerprint density at radius 3 is 1.87 bits per heavy atom. The molecule has 1 aliphatic carbocycles. The summed E-state index contributed by atoms with van der Waals surface area (Å²) in [4.78, 5) is 207. The minimum atomic E-state index is -1.91. The van der Waals surface area contributed by atoms with Crippen LogP contribution in [0.2, 0.25) is 0 Å². The largest absolute Gasteiger partial charge is 0.494 e. The molecule has 1 saturated heterocycles. The number of aromatic nitrogens is 1. The lowest BCUT2D eigenvalue weighted by Gasteiger charge is -2.33. The van der Waals surface area contributed by atoms with Crippen molar-refractivity contribution >= 4 is 129 Å². The van der Waals surface area contributed by atoms with Crippen molar-refractivity contribution in [1.82, 2.24) is 63.1 Å². The zero-order chi connectivity index (χ0) is 79.3. The van der Waals surface area contributed by atoms with Crippen LogP contribution in [0.25, 0.3) is 10.9 Å². The molecule has 596 valence electrons. The molecular weight excluding hydrogens is 1460 g/mol. The van der Waals surface area contributed by atoms with Crippen molar-refractivity contribution in [3.8, 4) is 5.75 Å². The molecule has 1 saturated carbocycles. The van der Waals surface area contributed by atoms with Gasteiger partial charge in [-0.1, -0.05) is 69.5 Å². The van der Waals surface area contributed by atoms with Crippen molar-refractivity contribution in [3.05, 3.63) is 65.4 Å². The standard InChI is InChI=1S/C72H103N17O18S2/c1-72(2,3)33-53-68(103)83-51(31-43-34-78-46-16-7-6-15-45(43)46)66(101)82-48(19-21-57(73)90)63(98)81-49(20-22-59(92)93)64(99)87-54(61(74)96)38-108-36-41-27-42-29-44(28-41)106-25-8-4-5-9-26-107-79-35-58(91)80-47(17-11-23-77-71(75)76)62(97)88-55(39-109-37-42)70(105)89-24-12-18-56(89)69(104)85-50(30-40-13-10-14-40)65(100)84-52(32-60(94)95)67(102)86-53/h6-7,15-16,27-29,34-35,40,47-56,78H,4-5,8-14,17-26,30-33,36-39H2,1-3H3,(H2,73,90)(H2,74,96)(H,80,91)(H,81,98)(H,82,101)(H,83,103)(H,84,100)(H,85,104)(H,86,102)(H,87,99)(H,88,97)(H,92,93)(H,94,95)(H4,75,76,77)/b79-35+/t47-,48-,49-,50-,51-,52-,53-,54-,55-,56-/m0/s1. The number of hydrogen-bond donors (Lipinski definition) is 17. The topological polar surface area (TPSA) is 551 Å². The second-order valence-electron chi connectivity index (χ2n) is 28.9. The predicted molar refractivity (Wildman–Crippen MR) is 403 cm³/mol. The number of carbonyl (C=O) groups is 14. The first-order valence-electron chi connectivity index (χ1n) is 36.6. The molecule has 10 atom stereocenters. The van der Waals surface area contributed by atoms with Gasteiger partial charge in [-0.15, -0.1) is 0 Å². The number of para-hydroxylation sites is 1. The van der Waals surface area contributed by atoms with Gasteiger partial charge in [0.1, 0.15) is 79.0 Å². The number of amides is 12. The van der Waals surface area contributed by atoms with Crippen LogP contribution in [0.5, 0.6) is 5.75 Å². The maximum atomic E-state index is 15.3. The Hall–Kier alpha value is -10.2. The van der Waals surface area contributed by atoms with Crippen LogP contribution >= 0.6 is 23.5 Å². The Morgan fingerprint density at radius 2 is 1.22 bits per heavy atom. The number of guanidine groups is 1. The lowest BCUT2D eigenvalue weighted by molar-refractivity contribution is -0.143. The summed E-state index contributed by atoms with van der Waals surface area (Å²) in [5.74, 6) is -14.2. The number of nitrogens with one attached hydrogen (secondary N) is 12. The molecule has 2 aromatic carbocycles. The lowest BCUT2D eigenvalue weighted by Crippen LogP contribution is -2.61. The quantitative estimate of drug-likeness (QED) is 0.0459. The Balaban J connectivity index is 1.30. The minimum absolute atomic E-state index is 0.0133. The van der Waals surface area contributed by atoms with Crippen LogP contribution in [-0.4, -0.2) is 213 Å². The van der Waals surface area contributed by atoms with Gasteiger partial charge in [-0.3, -0.25) is 72.5 Å². The highest BCUT2D eigenvalue weighted by Crippen LogP contribution is 2.32. The van der Waals surface area contributed by atoms with Crippen molar-refractivity contribution in [1.29, 1.82) is 5.41 Å². The summed E-state index contributed by atoms with van der Waals surface area (Å²) in [7, 11) is 0. The van der Waals surface area contributed by atoms with E-state index in [1.54, 1.807) is 63.4 Å². The fourth-order valence-electron chi connectivity index (χ4n) is 12.9. The van der Waals surface area contributed by atoms with Gasteiger partial charge >= 0.3 is 11.9 Å². The monoisotopic (exact) mass is 1560 g/mol. The number of aliphatic carboxylic acids is 2. The van der Waals surface area contributed by atoms with Gasteiger partial charge in [0.25, 0.3) is 5.91 Å². The highest BCUT2D eigenvalue weighted by molar-refractivity contribution is 7.98. The molecule has 0 spiro atoms. The van der Waals surface area contributed by atoms with Crippen LogP contribution in [0.1, 0.15) is 153 Å². The van der Waals surface area contributed by atoms with E-state index in [9.17, 15) is 63.0 Å². The average molecular weight is 1560 g/mol. The number of carboxylic acids is 2. The van der Waals surface area contributed by atoms with Gasteiger partial charge in [-0.05, 0) is 123 Å². The van der Waals surface area contributed by atoms with E-state index in [1.165, 1.54) is 28.4 Å². The molecule has 4 aliphatic rings. The molecule has 0 unspecified atom stereocenters. The average Bonchev–Trinajstić information content (AvgIpc) is 1.17. The van der Waals surface area contributed by atoms with Gasteiger partial charge in [-0.2, -0.15) is 23.5 Å². The van der Waals surface area contributed by atoms with Crippen LogP contribution in [0, 0.1) is 16.7 Å². The zero-order valence-electron chi connectivity index (χ0n) is 61.5. The van der Waals surface area contributed by atoms with Crippen LogP contribution < -0.4 is 75.1 Å². The lowest BCUT2D eigenvalue weighted by atomic mass is 9.80. The number of carbonyl (C=O) groups excluding carboxylic acids is 12. The first kappa shape index (κ1) is 86.0. The van der Waals surface area contributed by atoms with Gasteiger partial charge in [-0.25, -0.2) is 0 Å². The number of nitrogens with two attached hydrogens (primary N) is 3. The number of carboxylic acid groups (broad SMARTS) is 2. The van der Waals surface area contributed by atoms with Gasteiger partial charge in [0.05, 0.1) is 13.0 Å². The molecule has 0 radical (unpaired) electrons. The fraction of sp³-hybridized carbons (Fsp3) is 0.583. The molecular formula is C72H103N17O18S2. The number of nitrogens with zero attached hydrogens (tertiary/aromatic N) is 2. The Morgan fingerprint density at radius 1 is 0.633 bits per heavy atom. The third kappa shape index (κ3) is 28.7. The van der Waals surface area contributed by atoms with Crippen molar-refractivity contribution in [2.45, 2.75) is 215 Å². The van der Waals surface area contributed by atoms with Crippen LogP contribution in [0.4, 0.5) is 0 Å². The Bertz CT molecular complexity index is 3790. The first-order chi connectivity index (χ1) is 51.9.